The molecule has 0 aliphatic carbocycles. The van der Waals surface area contributed by atoms with E-state index in [1.54, 1.807) is 6.92 Å². The zero-order valence-electron chi connectivity index (χ0n) is 11.2. The fourth-order valence-electron chi connectivity index (χ4n) is 1.75. The van der Waals surface area contributed by atoms with Crippen molar-refractivity contribution in [2.45, 2.75) is 6.92 Å². The lowest BCUT2D eigenvalue weighted by Gasteiger charge is -2.07. The van der Waals surface area contributed by atoms with Crippen molar-refractivity contribution in [3.05, 3.63) is 71.8 Å². The van der Waals surface area contributed by atoms with E-state index in [4.69, 9.17) is 4.74 Å². The Morgan fingerprint density at radius 3 is 1.95 bits per heavy atom. The molecule has 2 aromatic rings. The van der Waals surface area contributed by atoms with Crippen molar-refractivity contribution in [1.82, 2.24) is 5.43 Å². The highest BCUT2D eigenvalue weighted by molar-refractivity contribution is 6.13. The first-order chi connectivity index (χ1) is 9.81. The molecule has 0 aromatic heterocycles. The van der Waals surface area contributed by atoms with Gasteiger partial charge in [-0.3, -0.25) is 0 Å². The summed E-state index contributed by atoms with van der Waals surface area (Å²) in [6.45, 7) is 2.06. The molecule has 0 unspecified atom stereocenters. The smallest absolute Gasteiger partial charge is 0.427 e. The molecule has 0 heterocycles. The Kier molecular flexibility index (Phi) is 4.89. The number of amides is 1. The predicted molar refractivity (Wildman–Crippen MR) is 78.7 cm³/mol. The van der Waals surface area contributed by atoms with Gasteiger partial charge in [0.1, 0.15) is 0 Å². The van der Waals surface area contributed by atoms with Crippen LogP contribution in [0.1, 0.15) is 18.1 Å². The van der Waals surface area contributed by atoms with Crippen LogP contribution < -0.4 is 5.43 Å². The third kappa shape index (κ3) is 3.68. The van der Waals surface area contributed by atoms with Crippen LogP contribution in [0.25, 0.3) is 0 Å². The number of ether oxygens (including phenoxy) is 1. The lowest BCUT2D eigenvalue weighted by atomic mass is 10.0. The summed E-state index contributed by atoms with van der Waals surface area (Å²) in [5.74, 6) is 0. The van der Waals surface area contributed by atoms with E-state index < -0.39 is 6.09 Å². The number of nitrogens with zero attached hydrogens (tertiary/aromatic N) is 1. The van der Waals surface area contributed by atoms with E-state index in [0.29, 0.717) is 12.3 Å². The molecule has 0 saturated heterocycles. The second-order valence-corrected chi connectivity index (χ2v) is 4.02. The fourth-order valence-corrected chi connectivity index (χ4v) is 1.75. The molecule has 0 atom stereocenters. The van der Waals surface area contributed by atoms with Crippen LogP contribution in [0.5, 0.6) is 0 Å². The van der Waals surface area contributed by atoms with Gasteiger partial charge in [0, 0.05) is 11.1 Å². The van der Waals surface area contributed by atoms with Crippen LogP contribution in [0.2, 0.25) is 0 Å². The minimum Gasteiger partial charge on any atom is -0.449 e. The van der Waals surface area contributed by atoms with E-state index in [1.807, 2.05) is 60.7 Å². The maximum absolute atomic E-state index is 11.4. The second kappa shape index (κ2) is 7.09. The van der Waals surface area contributed by atoms with E-state index in [0.717, 1.165) is 11.1 Å². The van der Waals surface area contributed by atoms with Gasteiger partial charge in [-0.2, -0.15) is 5.10 Å². The van der Waals surface area contributed by atoms with Crippen LogP contribution in [0.3, 0.4) is 0 Å². The number of benzene rings is 2. The Morgan fingerprint density at radius 1 is 1.00 bits per heavy atom. The maximum Gasteiger partial charge on any atom is 0.427 e. The molecule has 0 spiro atoms. The van der Waals surface area contributed by atoms with Gasteiger partial charge in [-0.25, -0.2) is 10.2 Å². The summed E-state index contributed by atoms with van der Waals surface area (Å²) in [7, 11) is 0. The summed E-state index contributed by atoms with van der Waals surface area (Å²) in [5.41, 5.74) is 4.95. The molecule has 0 bridgehead atoms. The highest BCUT2D eigenvalue weighted by Gasteiger charge is 2.07. The van der Waals surface area contributed by atoms with Crippen LogP contribution in [-0.4, -0.2) is 18.4 Å². The number of hydrogen-bond donors (Lipinski definition) is 1. The lowest BCUT2D eigenvalue weighted by molar-refractivity contribution is 0.152. The maximum atomic E-state index is 11.4. The monoisotopic (exact) mass is 268 g/mol. The Bertz CT molecular complexity index is 538. The van der Waals surface area contributed by atoms with Crippen molar-refractivity contribution in [2.75, 3.05) is 6.61 Å². The zero-order valence-corrected chi connectivity index (χ0v) is 11.2. The Labute approximate surface area is 118 Å². The second-order valence-electron chi connectivity index (χ2n) is 4.02. The van der Waals surface area contributed by atoms with Crippen LogP contribution in [0.15, 0.2) is 65.8 Å². The van der Waals surface area contributed by atoms with Crippen LogP contribution in [0.4, 0.5) is 4.79 Å². The lowest BCUT2D eigenvalue weighted by Crippen LogP contribution is -2.21. The van der Waals surface area contributed by atoms with Crippen LogP contribution >= 0.6 is 0 Å². The van der Waals surface area contributed by atoms with E-state index in [9.17, 15) is 4.79 Å². The molecular weight excluding hydrogens is 252 g/mol. The highest BCUT2D eigenvalue weighted by Crippen LogP contribution is 2.10. The molecule has 0 saturated carbocycles. The van der Waals surface area contributed by atoms with E-state index in [-0.39, 0.29) is 0 Å². The highest BCUT2D eigenvalue weighted by atomic mass is 16.5. The standard InChI is InChI=1S/C16H16N2O2/c1-2-20-16(19)18-17-15(13-9-5-3-6-10-13)14-11-7-4-8-12-14/h3-12H,2H2,1H3,(H,18,19). The van der Waals surface area contributed by atoms with Crippen molar-refractivity contribution in [3.63, 3.8) is 0 Å². The molecular formula is C16H16N2O2. The molecule has 0 fully saturated rings. The Balaban J connectivity index is 2.30. The average Bonchev–Trinajstić information content (AvgIpc) is 2.50. The number of nitrogens with one attached hydrogen (secondary N) is 1. The summed E-state index contributed by atoms with van der Waals surface area (Å²) < 4.78 is 4.81. The summed E-state index contributed by atoms with van der Waals surface area (Å²) in [5, 5.41) is 4.17. The molecule has 0 aliphatic heterocycles. The third-order valence-electron chi connectivity index (χ3n) is 2.63. The first-order valence-electron chi connectivity index (χ1n) is 6.42. The van der Waals surface area contributed by atoms with Crippen molar-refractivity contribution in [2.24, 2.45) is 5.10 Å². The third-order valence-corrected chi connectivity index (χ3v) is 2.63. The summed E-state index contributed by atoms with van der Waals surface area (Å²) in [6, 6.07) is 19.4. The molecule has 4 nitrogen and oxygen atoms in total. The van der Waals surface area contributed by atoms with Gasteiger partial charge in [0.15, 0.2) is 0 Å². The Hall–Kier alpha value is -2.62. The number of carbonyl (C=O) groups is 1. The minimum absolute atomic E-state index is 0.313. The SMILES string of the molecule is CCOC(=O)NN=C(c1ccccc1)c1ccccc1. The number of carbonyl (C=O) groups excluding carboxylic acids is 1. The number of rotatable bonds is 4. The van der Waals surface area contributed by atoms with E-state index >= 15 is 0 Å². The van der Waals surface area contributed by atoms with Crippen molar-refractivity contribution >= 4 is 11.8 Å². The first kappa shape index (κ1) is 13.8. The van der Waals surface area contributed by atoms with Crippen LogP contribution in [-0.2, 0) is 4.74 Å². The van der Waals surface area contributed by atoms with Crippen molar-refractivity contribution in [1.29, 1.82) is 0 Å². The van der Waals surface area contributed by atoms with Gasteiger partial charge < -0.3 is 4.74 Å². The fraction of sp³-hybridized carbons (Fsp3) is 0.125. The molecule has 1 amide bonds. The summed E-state index contributed by atoms with van der Waals surface area (Å²) >= 11 is 0. The molecule has 102 valence electrons. The normalized spacial score (nSPS) is 9.65. The van der Waals surface area contributed by atoms with Gasteiger partial charge in [0.05, 0.1) is 12.3 Å². The topological polar surface area (TPSA) is 50.7 Å². The van der Waals surface area contributed by atoms with E-state index in [2.05, 4.69) is 10.5 Å². The average molecular weight is 268 g/mol. The molecule has 0 radical (unpaired) electrons. The van der Waals surface area contributed by atoms with Gasteiger partial charge in [0.25, 0.3) is 0 Å². The predicted octanol–water partition coefficient (Wildman–Crippen LogP) is 3.19. The van der Waals surface area contributed by atoms with E-state index in [1.165, 1.54) is 0 Å². The van der Waals surface area contributed by atoms with Gasteiger partial charge in [-0.1, -0.05) is 60.7 Å². The summed E-state index contributed by atoms with van der Waals surface area (Å²) in [4.78, 5) is 11.4. The number of hydrogen-bond acceptors (Lipinski definition) is 3. The van der Waals surface area contributed by atoms with Crippen molar-refractivity contribution < 1.29 is 9.53 Å². The molecule has 4 heteroatoms. The first-order valence-corrected chi connectivity index (χ1v) is 6.42. The molecule has 20 heavy (non-hydrogen) atoms. The minimum atomic E-state index is -0.558. The largest absolute Gasteiger partial charge is 0.449 e. The Morgan fingerprint density at radius 2 is 1.50 bits per heavy atom. The zero-order chi connectivity index (χ0) is 14.2. The van der Waals surface area contributed by atoms with Gasteiger partial charge >= 0.3 is 6.09 Å². The van der Waals surface area contributed by atoms with Gasteiger partial charge in [-0.05, 0) is 6.92 Å². The molecule has 2 aromatic carbocycles. The summed E-state index contributed by atoms with van der Waals surface area (Å²) in [6.07, 6.45) is -0.558. The van der Waals surface area contributed by atoms with Crippen molar-refractivity contribution in [3.8, 4) is 0 Å². The molecule has 2 rings (SSSR count). The quantitative estimate of drug-likeness (QED) is 0.684. The molecule has 1 N–H and O–H groups in total. The van der Waals surface area contributed by atoms with Crippen LogP contribution in [0, 0.1) is 0 Å². The number of hydrazone groups is 1. The molecule has 0 aliphatic rings. The van der Waals surface area contributed by atoms with Gasteiger partial charge in [0.2, 0.25) is 0 Å². The van der Waals surface area contributed by atoms with Gasteiger partial charge in [-0.15, -0.1) is 0 Å².